The molecule has 0 aromatic rings. The minimum Gasteiger partial charge on any atom is -0.350 e. The fraction of sp³-hybridized carbons (Fsp3) is 0.400. The fourth-order valence-electron chi connectivity index (χ4n) is 0.812. The van der Waals surface area contributed by atoms with E-state index >= 15 is 0 Å². The highest BCUT2D eigenvalue weighted by molar-refractivity contribution is 5.73. The van der Waals surface area contributed by atoms with Crippen molar-refractivity contribution in [3.63, 3.8) is 0 Å². The standard InChI is InChI=1S/C10H15NO2/c1-9(11-10(2)13)7-5-3-4-6-8-12/h3-5,7-9H,6H2,1-2H3,(H,11,13)/b4-3-,7-5-. The van der Waals surface area contributed by atoms with Crippen LogP contribution in [0.15, 0.2) is 24.3 Å². The monoisotopic (exact) mass is 181 g/mol. The van der Waals surface area contributed by atoms with Crippen molar-refractivity contribution < 1.29 is 9.59 Å². The van der Waals surface area contributed by atoms with Crippen molar-refractivity contribution in [2.45, 2.75) is 26.3 Å². The van der Waals surface area contributed by atoms with Crippen LogP contribution in [0.3, 0.4) is 0 Å². The van der Waals surface area contributed by atoms with Crippen molar-refractivity contribution in [2.24, 2.45) is 0 Å². The first kappa shape index (κ1) is 11.6. The Balaban J connectivity index is 3.70. The summed E-state index contributed by atoms with van der Waals surface area (Å²) in [6, 6.07) is 0.0263. The SMILES string of the molecule is CC(=O)NC(C)/C=C\C=C/CC=O. The molecule has 0 heterocycles. The van der Waals surface area contributed by atoms with E-state index in [0.717, 1.165) is 6.29 Å². The number of aldehydes is 1. The predicted octanol–water partition coefficient (Wildman–Crippen LogP) is 1.21. The smallest absolute Gasteiger partial charge is 0.217 e. The molecule has 3 heteroatoms. The Hall–Kier alpha value is -1.38. The van der Waals surface area contributed by atoms with Crippen LogP contribution in [0.5, 0.6) is 0 Å². The molecule has 0 spiro atoms. The first-order chi connectivity index (χ1) is 6.16. The number of amides is 1. The largest absolute Gasteiger partial charge is 0.350 e. The molecule has 0 saturated carbocycles. The van der Waals surface area contributed by atoms with E-state index in [4.69, 9.17) is 0 Å². The van der Waals surface area contributed by atoms with Crippen molar-refractivity contribution in [3.8, 4) is 0 Å². The number of rotatable bonds is 5. The zero-order valence-corrected chi connectivity index (χ0v) is 7.99. The molecule has 0 fully saturated rings. The van der Waals surface area contributed by atoms with Crippen molar-refractivity contribution in [1.29, 1.82) is 0 Å². The molecule has 0 rings (SSSR count). The van der Waals surface area contributed by atoms with E-state index in [-0.39, 0.29) is 11.9 Å². The zero-order valence-electron chi connectivity index (χ0n) is 7.99. The number of hydrogen-bond donors (Lipinski definition) is 1. The second kappa shape index (κ2) is 7.28. The van der Waals surface area contributed by atoms with Gasteiger partial charge in [-0.1, -0.05) is 24.3 Å². The summed E-state index contributed by atoms with van der Waals surface area (Å²) in [5.41, 5.74) is 0. The Labute approximate surface area is 78.5 Å². The van der Waals surface area contributed by atoms with Gasteiger partial charge in [-0.3, -0.25) is 4.79 Å². The molecule has 0 aliphatic carbocycles. The Morgan fingerprint density at radius 2 is 2.15 bits per heavy atom. The summed E-state index contributed by atoms with van der Waals surface area (Å²) in [7, 11) is 0. The molecule has 0 aliphatic heterocycles. The third-order valence-electron chi connectivity index (χ3n) is 1.31. The van der Waals surface area contributed by atoms with E-state index in [1.165, 1.54) is 6.92 Å². The molecular weight excluding hydrogens is 166 g/mol. The minimum atomic E-state index is -0.0472. The van der Waals surface area contributed by atoms with Crippen LogP contribution in [-0.2, 0) is 9.59 Å². The number of nitrogens with one attached hydrogen (secondary N) is 1. The van der Waals surface area contributed by atoms with Crippen LogP contribution in [0.2, 0.25) is 0 Å². The molecule has 1 N–H and O–H groups in total. The minimum absolute atomic E-state index is 0.0263. The van der Waals surface area contributed by atoms with Gasteiger partial charge in [0.2, 0.25) is 5.91 Å². The zero-order chi connectivity index (χ0) is 10.1. The second-order valence-electron chi connectivity index (χ2n) is 2.70. The molecule has 13 heavy (non-hydrogen) atoms. The number of allylic oxidation sites excluding steroid dienone is 3. The maximum atomic E-state index is 10.6. The van der Waals surface area contributed by atoms with Crippen LogP contribution in [0, 0.1) is 0 Å². The van der Waals surface area contributed by atoms with Crippen LogP contribution in [0.1, 0.15) is 20.3 Å². The van der Waals surface area contributed by atoms with Crippen LogP contribution < -0.4 is 5.32 Å². The molecule has 1 atom stereocenters. The Bertz CT molecular complexity index is 219. The number of hydrogen-bond acceptors (Lipinski definition) is 2. The van der Waals surface area contributed by atoms with Crippen LogP contribution in [-0.4, -0.2) is 18.2 Å². The Morgan fingerprint density at radius 1 is 1.46 bits per heavy atom. The molecule has 0 bridgehead atoms. The Kier molecular flexibility index (Phi) is 6.51. The van der Waals surface area contributed by atoms with Gasteiger partial charge in [0, 0.05) is 19.4 Å². The highest BCUT2D eigenvalue weighted by Gasteiger charge is 1.95. The van der Waals surface area contributed by atoms with Gasteiger partial charge in [-0.15, -0.1) is 0 Å². The van der Waals surface area contributed by atoms with E-state index in [1.54, 1.807) is 12.2 Å². The predicted molar refractivity (Wildman–Crippen MR) is 52.2 cm³/mol. The van der Waals surface area contributed by atoms with Gasteiger partial charge in [0.1, 0.15) is 6.29 Å². The van der Waals surface area contributed by atoms with Gasteiger partial charge in [0.05, 0.1) is 0 Å². The molecular formula is C10H15NO2. The van der Waals surface area contributed by atoms with Crippen LogP contribution in [0.4, 0.5) is 0 Å². The molecule has 3 nitrogen and oxygen atoms in total. The first-order valence-corrected chi connectivity index (χ1v) is 4.21. The van der Waals surface area contributed by atoms with Crippen LogP contribution >= 0.6 is 0 Å². The lowest BCUT2D eigenvalue weighted by molar-refractivity contribution is -0.119. The van der Waals surface area contributed by atoms with Gasteiger partial charge in [-0.25, -0.2) is 0 Å². The van der Waals surface area contributed by atoms with Gasteiger partial charge in [0.25, 0.3) is 0 Å². The third kappa shape index (κ3) is 8.53. The maximum Gasteiger partial charge on any atom is 0.217 e. The lowest BCUT2D eigenvalue weighted by atomic mass is 10.3. The highest BCUT2D eigenvalue weighted by atomic mass is 16.1. The summed E-state index contributed by atoms with van der Waals surface area (Å²) < 4.78 is 0. The topological polar surface area (TPSA) is 46.2 Å². The van der Waals surface area contributed by atoms with E-state index in [0.29, 0.717) is 6.42 Å². The van der Waals surface area contributed by atoms with Crippen molar-refractivity contribution >= 4 is 12.2 Å². The quantitative estimate of drug-likeness (QED) is 0.512. The highest BCUT2D eigenvalue weighted by Crippen LogP contribution is 1.86. The van der Waals surface area contributed by atoms with Gasteiger partial charge < -0.3 is 10.1 Å². The average molecular weight is 181 g/mol. The molecule has 1 unspecified atom stereocenters. The van der Waals surface area contributed by atoms with Crippen molar-refractivity contribution in [3.05, 3.63) is 24.3 Å². The summed E-state index contributed by atoms with van der Waals surface area (Å²) in [5.74, 6) is -0.0472. The second-order valence-corrected chi connectivity index (χ2v) is 2.70. The molecule has 0 saturated heterocycles. The molecule has 0 aromatic carbocycles. The Morgan fingerprint density at radius 3 is 2.69 bits per heavy atom. The lowest BCUT2D eigenvalue weighted by Crippen LogP contribution is -2.28. The lowest BCUT2D eigenvalue weighted by Gasteiger charge is -2.05. The first-order valence-electron chi connectivity index (χ1n) is 4.21. The third-order valence-corrected chi connectivity index (χ3v) is 1.31. The summed E-state index contributed by atoms with van der Waals surface area (Å²) in [4.78, 5) is 20.5. The average Bonchev–Trinajstić information content (AvgIpc) is 2.02. The maximum absolute atomic E-state index is 10.6. The van der Waals surface area contributed by atoms with E-state index < -0.39 is 0 Å². The van der Waals surface area contributed by atoms with Gasteiger partial charge in [-0.2, -0.15) is 0 Å². The van der Waals surface area contributed by atoms with Crippen molar-refractivity contribution in [2.75, 3.05) is 0 Å². The van der Waals surface area contributed by atoms with E-state index in [9.17, 15) is 9.59 Å². The number of carbonyl (C=O) groups excluding carboxylic acids is 2. The molecule has 1 amide bonds. The van der Waals surface area contributed by atoms with E-state index in [2.05, 4.69) is 5.32 Å². The molecule has 0 aromatic heterocycles. The van der Waals surface area contributed by atoms with Gasteiger partial charge in [0.15, 0.2) is 0 Å². The molecule has 0 radical (unpaired) electrons. The summed E-state index contributed by atoms with van der Waals surface area (Å²) in [6.45, 7) is 3.36. The summed E-state index contributed by atoms with van der Waals surface area (Å²) >= 11 is 0. The van der Waals surface area contributed by atoms with Gasteiger partial charge in [-0.05, 0) is 6.92 Å². The van der Waals surface area contributed by atoms with Crippen molar-refractivity contribution in [1.82, 2.24) is 5.32 Å². The molecule has 72 valence electrons. The van der Waals surface area contributed by atoms with Crippen LogP contribution in [0.25, 0.3) is 0 Å². The normalized spacial score (nSPS) is 13.4. The molecule has 0 aliphatic rings. The summed E-state index contributed by atoms with van der Waals surface area (Å²) in [6.07, 6.45) is 8.46. The number of carbonyl (C=O) groups is 2. The fourth-order valence-corrected chi connectivity index (χ4v) is 0.812. The van der Waals surface area contributed by atoms with Gasteiger partial charge >= 0.3 is 0 Å². The summed E-state index contributed by atoms with van der Waals surface area (Å²) in [5, 5.41) is 2.70. The van der Waals surface area contributed by atoms with E-state index in [1.807, 2.05) is 19.1 Å².